The van der Waals surface area contributed by atoms with E-state index in [4.69, 9.17) is 0 Å². The molecule has 0 aromatic heterocycles. The Morgan fingerprint density at radius 3 is 2.38 bits per heavy atom. The van der Waals surface area contributed by atoms with Crippen LogP contribution in [0.1, 0.15) is 5.56 Å². The van der Waals surface area contributed by atoms with Crippen molar-refractivity contribution < 1.29 is 31.9 Å². The molecule has 0 heterocycles. The standard InChI is InChI=1S/C17H13F4NO3S/c18-12-6-2-4-8-14(12)26-10-16(24)25-9-15(23)22-13-7-3-1-5-11(13)17(19,20)21/h1-8H,9-10H2,(H,22,23). The average Bonchev–Trinajstić information content (AvgIpc) is 2.59. The third kappa shape index (κ3) is 5.76. The van der Waals surface area contributed by atoms with E-state index >= 15 is 0 Å². The number of carbonyl (C=O) groups excluding carboxylic acids is 2. The van der Waals surface area contributed by atoms with Crippen LogP contribution in [-0.2, 0) is 20.5 Å². The molecule has 0 aliphatic carbocycles. The summed E-state index contributed by atoms with van der Waals surface area (Å²) in [5.41, 5.74) is -1.43. The number of para-hydroxylation sites is 1. The Morgan fingerprint density at radius 1 is 1.04 bits per heavy atom. The molecule has 0 bridgehead atoms. The number of anilines is 1. The summed E-state index contributed by atoms with van der Waals surface area (Å²) in [5.74, 6) is -2.44. The van der Waals surface area contributed by atoms with Crippen LogP contribution in [0.25, 0.3) is 0 Å². The molecule has 1 N–H and O–H groups in total. The molecule has 0 aliphatic rings. The summed E-state index contributed by atoms with van der Waals surface area (Å²) in [6, 6.07) is 10.3. The van der Waals surface area contributed by atoms with Crippen LogP contribution in [0.15, 0.2) is 53.4 Å². The lowest BCUT2D eigenvalue weighted by Gasteiger charge is -2.13. The monoisotopic (exact) mass is 387 g/mol. The molecule has 0 atom stereocenters. The molecule has 26 heavy (non-hydrogen) atoms. The zero-order chi connectivity index (χ0) is 19.2. The van der Waals surface area contributed by atoms with Gasteiger partial charge in [0.05, 0.1) is 17.0 Å². The summed E-state index contributed by atoms with van der Waals surface area (Å²) >= 11 is 0.887. The molecule has 0 saturated carbocycles. The van der Waals surface area contributed by atoms with Crippen molar-refractivity contribution in [3.05, 3.63) is 59.9 Å². The van der Waals surface area contributed by atoms with Gasteiger partial charge in [-0.25, -0.2) is 4.39 Å². The number of amides is 1. The first-order valence-corrected chi connectivity index (χ1v) is 8.25. The van der Waals surface area contributed by atoms with Gasteiger partial charge in [0, 0.05) is 4.90 Å². The minimum atomic E-state index is -4.63. The molecule has 0 aliphatic heterocycles. The molecule has 0 fully saturated rings. The second kappa shape index (κ2) is 8.70. The van der Waals surface area contributed by atoms with Gasteiger partial charge in [0.2, 0.25) is 0 Å². The van der Waals surface area contributed by atoms with E-state index in [0.29, 0.717) is 0 Å². The first-order valence-electron chi connectivity index (χ1n) is 7.26. The fourth-order valence-electron chi connectivity index (χ4n) is 1.91. The Bertz CT molecular complexity index is 796. The molecule has 9 heteroatoms. The smallest absolute Gasteiger partial charge is 0.418 e. The molecule has 138 valence electrons. The molecule has 2 aromatic rings. The fourth-order valence-corrected chi connectivity index (χ4v) is 2.65. The molecule has 1 amide bonds. The van der Waals surface area contributed by atoms with Gasteiger partial charge in [-0.1, -0.05) is 24.3 Å². The Labute approximate surface area is 150 Å². The molecule has 2 aromatic carbocycles. The van der Waals surface area contributed by atoms with Crippen molar-refractivity contribution in [3.8, 4) is 0 Å². The van der Waals surface area contributed by atoms with Crippen LogP contribution >= 0.6 is 11.8 Å². The molecular formula is C17H13F4NO3S. The minimum Gasteiger partial charge on any atom is -0.455 e. The largest absolute Gasteiger partial charge is 0.455 e. The Hall–Kier alpha value is -2.55. The van der Waals surface area contributed by atoms with Gasteiger partial charge in [-0.05, 0) is 24.3 Å². The number of nitrogens with one attached hydrogen (secondary N) is 1. The predicted molar refractivity (Wildman–Crippen MR) is 88.2 cm³/mol. The molecule has 0 unspecified atom stereocenters. The second-order valence-electron chi connectivity index (χ2n) is 4.97. The zero-order valence-corrected chi connectivity index (χ0v) is 14.0. The van der Waals surface area contributed by atoms with E-state index in [1.807, 2.05) is 0 Å². The van der Waals surface area contributed by atoms with Gasteiger partial charge in [0.1, 0.15) is 5.82 Å². The van der Waals surface area contributed by atoms with Crippen LogP contribution in [-0.4, -0.2) is 24.2 Å². The highest BCUT2D eigenvalue weighted by Crippen LogP contribution is 2.34. The predicted octanol–water partition coefficient (Wildman–Crippen LogP) is 4.12. The summed E-state index contributed by atoms with van der Waals surface area (Å²) < 4.78 is 56.6. The summed E-state index contributed by atoms with van der Waals surface area (Å²) in [5, 5.41) is 2.05. The lowest BCUT2D eigenvalue weighted by molar-refractivity contribution is -0.144. The summed E-state index contributed by atoms with van der Waals surface area (Å²) in [6.07, 6.45) is -4.63. The van der Waals surface area contributed by atoms with Crippen LogP contribution in [0.2, 0.25) is 0 Å². The van der Waals surface area contributed by atoms with Crippen molar-refractivity contribution in [1.29, 1.82) is 0 Å². The minimum absolute atomic E-state index is 0.243. The number of hydrogen-bond donors (Lipinski definition) is 1. The molecular weight excluding hydrogens is 374 g/mol. The van der Waals surface area contributed by atoms with Crippen LogP contribution < -0.4 is 5.32 Å². The van der Waals surface area contributed by atoms with Gasteiger partial charge in [-0.15, -0.1) is 11.8 Å². The van der Waals surface area contributed by atoms with Crippen molar-refractivity contribution in [1.82, 2.24) is 0 Å². The van der Waals surface area contributed by atoms with Crippen LogP contribution in [0.3, 0.4) is 0 Å². The summed E-state index contributed by atoms with van der Waals surface area (Å²) in [6.45, 7) is -0.747. The van der Waals surface area contributed by atoms with Crippen molar-refractivity contribution in [2.45, 2.75) is 11.1 Å². The van der Waals surface area contributed by atoms with E-state index < -0.39 is 41.7 Å². The van der Waals surface area contributed by atoms with E-state index in [9.17, 15) is 27.2 Å². The highest BCUT2D eigenvalue weighted by molar-refractivity contribution is 8.00. The van der Waals surface area contributed by atoms with Crippen LogP contribution in [0.5, 0.6) is 0 Å². The maximum atomic E-state index is 13.4. The maximum absolute atomic E-state index is 13.4. The summed E-state index contributed by atoms with van der Waals surface area (Å²) in [4.78, 5) is 23.5. The first-order chi connectivity index (χ1) is 12.3. The first kappa shape index (κ1) is 19.8. The highest BCUT2D eigenvalue weighted by Gasteiger charge is 2.33. The van der Waals surface area contributed by atoms with Crippen LogP contribution in [0.4, 0.5) is 23.2 Å². The second-order valence-corrected chi connectivity index (χ2v) is 5.99. The van der Waals surface area contributed by atoms with E-state index in [2.05, 4.69) is 10.1 Å². The maximum Gasteiger partial charge on any atom is 0.418 e. The third-order valence-corrected chi connectivity index (χ3v) is 4.08. The van der Waals surface area contributed by atoms with E-state index in [1.54, 1.807) is 6.07 Å². The Morgan fingerprint density at radius 2 is 1.69 bits per heavy atom. The number of thioether (sulfide) groups is 1. The lowest BCUT2D eigenvalue weighted by atomic mass is 10.1. The van der Waals surface area contributed by atoms with Gasteiger partial charge in [0.25, 0.3) is 5.91 Å². The van der Waals surface area contributed by atoms with Crippen molar-refractivity contribution in [2.75, 3.05) is 17.7 Å². The molecule has 0 spiro atoms. The van der Waals surface area contributed by atoms with Crippen molar-refractivity contribution >= 4 is 29.3 Å². The number of carbonyl (C=O) groups is 2. The molecule has 0 saturated heterocycles. The van der Waals surface area contributed by atoms with Crippen LogP contribution in [0, 0.1) is 5.82 Å². The van der Waals surface area contributed by atoms with Crippen molar-refractivity contribution in [3.63, 3.8) is 0 Å². The van der Waals surface area contributed by atoms with Gasteiger partial charge < -0.3 is 10.1 Å². The lowest BCUT2D eigenvalue weighted by Crippen LogP contribution is -2.23. The normalized spacial score (nSPS) is 11.1. The van der Waals surface area contributed by atoms with E-state index in [1.165, 1.54) is 30.3 Å². The zero-order valence-electron chi connectivity index (χ0n) is 13.2. The number of hydrogen-bond acceptors (Lipinski definition) is 4. The summed E-state index contributed by atoms with van der Waals surface area (Å²) in [7, 11) is 0. The third-order valence-electron chi connectivity index (χ3n) is 3.05. The Kier molecular flexibility index (Phi) is 6.62. The number of rotatable bonds is 6. The van der Waals surface area contributed by atoms with E-state index in [0.717, 1.165) is 23.9 Å². The van der Waals surface area contributed by atoms with Gasteiger partial charge in [0.15, 0.2) is 6.61 Å². The SMILES string of the molecule is O=C(COC(=O)CSc1ccccc1F)Nc1ccccc1C(F)(F)F. The molecule has 4 nitrogen and oxygen atoms in total. The topological polar surface area (TPSA) is 55.4 Å². The highest BCUT2D eigenvalue weighted by atomic mass is 32.2. The molecule has 2 rings (SSSR count). The fraction of sp³-hybridized carbons (Fsp3) is 0.176. The van der Waals surface area contributed by atoms with Gasteiger partial charge in [-0.3, -0.25) is 9.59 Å². The number of ether oxygens (including phenoxy) is 1. The number of esters is 1. The Balaban J connectivity index is 1.84. The average molecular weight is 387 g/mol. The van der Waals surface area contributed by atoms with Gasteiger partial charge in [-0.2, -0.15) is 13.2 Å². The van der Waals surface area contributed by atoms with Gasteiger partial charge >= 0.3 is 12.1 Å². The number of halogens is 4. The quantitative estimate of drug-likeness (QED) is 0.460. The van der Waals surface area contributed by atoms with Crippen molar-refractivity contribution in [2.24, 2.45) is 0 Å². The van der Waals surface area contributed by atoms with E-state index in [-0.39, 0.29) is 10.6 Å². The number of alkyl halides is 3. The molecule has 0 radical (unpaired) electrons. The number of benzene rings is 2.